The average Bonchev–Trinajstić information content (AvgIpc) is 2.31. The fraction of sp³-hybridized carbons (Fsp3) is 0.182. The summed E-state index contributed by atoms with van der Waals surface area (Å²) >= 11 is 9.30. The molecule has 94 valence electrons. The lowest BCUT2D eigenvalue weighted by atomic mass is 10.3. The molecule has 0 aliphatic heterocycles. The number of nitrogens with one attached hydrogen (secondary N) is 1. The maximum absolute atomic E-state index is 5.86. The van der Waals surface area contributed by atoms with E-state index >= 15 is 0 Å². The highest BCUT2D eigenvalue weighted by Gasteiger charge is 2.07. The molecule has 1 aromatic heterocycles. The third-order valence-electron chi connectivity index (χ3n) is 2.12. The van der Waals surface area contributed by atoms with Crippen molar-refractivity contribution in [2.24, 2.45) is 0 Å². The highest BCUT2D eigenvalue weighted by atomic mass is 79.9. The van der Waals surface area contributed by atoms with Gasteiger partial charge >= 0.3 is 0 Å². The Hall–Kier alpha value is -1.40. The molecule has 0 unspecified atom stereocenters. The number of rotatable bonds is 3. The van der Waals surface area contributed by atoms with Crippen LogP contribution >= 0.6 is 27.5 Å². The van der Waals surface area contributed by atoms with Gasteiger partial charge in [0.2, 0.25) is 17.2 Å². The molecule has 0 aliphatic rings. The molecular formula is C11H11BrClN5. The monoisotopic (exact) mass is 327 g/mol. The molecule has 0 fully saturated rings. The molecule has 7 heteroatoms. The van der Waals surface area contributed by atoms with Crippen molar-refractivity contribution in [3.63, 3.8) is 0 Å². The molecule has 0 amide bonds. The van der Waals surface area contributed by atoms with Gasteiger partial charge in [0.05, 0.1) is 5.69 Å². The van der Waals surface area contributed by atoms with Crippen LogP contribution in [-0.2, 0) is 0 Å². The van der Waals surface area contributed by atoms with E-state index in [2.05, 4.69) is 36.2 Å². The summed E-state index contributed by atoms with van der Waals surface area (Å²) in [5, 5.41) is 3.24. The van der Waals surface area contributed by atoms with Crippen LogP contribution in [0.5, 0.6) is 0 Å². The van der Waals surface area contributed by atoms with Gasteiger partial charge in [0.1, 0.15) is 0 Å². The van der Waals surface area contributed by atoms with E-state index < -0.39 is 0 Å². The normalized spacial score (nSPS) is 10.2. The van der Waals surface area contributed by atoms with Gasteiger partial charge in [0.15, 0.2) is 0 Å². The molecule has 0 saturated carbocycles. The number of nitrogens with zero attached hydrogens (tertiary/aromatic N) is 4. The van der Waals surface area contributed by atoms with Gasteiger partial charge in [-0.25, -0.2) is 0 Å². The predicted octanol–water partition coefficient (Wildman–Crippen LogP) is 3.10. The standard InChI is InChI=1S/C11H11BrClN5/c1-18(2)11-16-9(13)15-10(17-11)14-8-6-4-3-5-7(8)12/h3-6H,1-2H3,(H,14,15,16,17). The Kier molecular flexibility index (Phi) is 3.98. The Morgan fingerprint density at radius 2 is 1.89 bits per heavy atom. The quantitative estimate of drug-likeness (QED) is 0.938. The first-order chi connectivity index (χ1) is 8.56. The first-order valence-corrected chi connectivity index (χ1v) is 6.34. The number of hydrogen-bond donors (Lipinski definition) is 1. The number of para-hydroxylation sites is 1. The molecule has 1 N–H and O–H groups in total. The third kappa shape index (κ3) is 3.08. The van der Waals surface area contributed by atoms with Gasteiger partial charge in [-0.1, -0.05) is 12.1 Å². The fourth-order valence-corrected chi connectivity index (χ4v) is 1.82. The zero-order valence-corrected chi connectivity index (χ0v) is 12.2. The summed E-state index contributed by atoms with van der Waals surface area (Å²) in [5.74, 6) is 0.912. The Morgan fingerprint density at radius 3 is 2.56 bits per heavy atom. The highest BCUT2D eigenvalue weighted by Crippen LogP contribution is 2.24. The van der Waals surface area contributed by atoms with Crippen molar-refractivity contribution in [2.75, 3.05) is 24.3 Å². The van der Waals surface area contributed by atoms with Gasteiger partial charge in [-0.2, -0.15) is 15.0 Å². The highest BCUT2D eigenvalue weighted by molar-refractivity contribution is 9.10. The summed E-state index contributed by atoms with van der Waals surface area (Å²) in [6.45, 7) is 0. The van der Waals surface area contributed by atoms with E-state index in [9.17, 15) is 0 Å². The molecule has 2 aromatic rings. The van der Waals surface area contributed by atoms with Crippen LogP contribution in [0.15, 0.2) is 28.7 Å². The van der Waals surface area contributed by atoms with E-state index in [1.54, 1.807) is 4.90 Å². The second kappa shape index (κ2) is 5.49. The minimum Gasteiger partial charge on any atom is -0.347 e. The van der Waals surface area contributed by atoms with Crippen LogP contribution in [0.4, 0.5) is 17.6 Å². The molecule has 18 heavy (non-hydrogen) atoms. The van der Waals surface area contributed by atoms with Crippen molar-refractivity contribution in [1.29, 1.82) is 0 Å². The number of hydrogen-bond acceptors (Lipinski definition) is 5. The molecule has 0 saturated heterocycles. The molecule has 0 bridgehead atoms. The lowest BCUT2D eigenvalue weighted by molar-refractivity contribution is 0.961. The second-order valence-electron chi connectivity index (χ2n) is 3.73. The van der Waals surface area contributed by atoms with E-state index in [4.69, 9.17) is 11.6 Å². The lowest BCUT2D eigenvalue weighted by Crippen LogP contribution is -2.14. The Morgan fingerprint density at radius 1 is 1.17 bits per heavy atom. The van der Waals surface area contributed by atoms with E-state index in [1.165, 1.54) is 0 Å². The van der Waals surface area contributed by atoms with E-state index in [0.29, 0.717) is 11.9 Å². The Labute approximate surface area is 118 Å². The Bertz CT molecular complexity index is 561. The second-order valence-corrected chi connectivity index (χ2v) is 4.92. The van der Waals surface area contributed by atoms with Crippen molar-refractivity contribution >= 4 is 45.1 Å². The largest absolute Gasteiger partial charge is 0.347 e. The van der Waals surface area contributed by atoms with Gasteiger partial charge in [-0.05, 0) is 39.7 Å². The summed E-state index contributed by atoms with van der Waals surface area (Å²) in [6.07, 6.45) is 0. The van der Waals surface area contributed by atoms with Crippen molar-refractivity contribution in [2.45, 2.75) is 0 Å². The summed E-state index contributed by atoms with van der Waals surface area (Å²) in [6, 6.07) is 7.69. The maximum Gasteiger partial charge on any atom is 0.233 e. The molecular weight excluding hydrogens is 318 g/mol. The molecule has 2 rings (SSSR count). The lowest BCUT2D eigenvalue weighted by Gasteiger charge is -2.12. The Balaban J connectivity index is 2.32. The first kappa shape index (κ1) is 13.0. The first-order valence-electron chi connectivity index (χ1n) is 5.16. The average molecular weight is 329 g/mol. The van der Waals surface area contributed by atoms with E-state index in [0.717, 1.165) is 10.2 Å². The number of benzene rings is 1. The van der Waals surface area contributed by atoms with Crippen LogP contribution in [0.2, 0.25) is 5.28 Å². The van der Waals surface area contributed by atoms with Crippen LogP contribution < -0.4 is 10.2 Å². The summed E-state index contributed by atoms with van der Waals surface area (Å²) in [4.78, 5) is 14.1. The van der Waals surface area contributed by atoms with Gasteiger partial charge < -0.3 is 10.2 Å². The zero-order chi connectivity index (χ0) is 13.1. The van der Waals surface area contributed by atoms with Gasteiger partial charge in [0.25, 0.3) is 0 Å². The fourth-order valence-electron chi connectivity index (χ4n) is 1.28. The third-order valence-corrected chi connectivity index (χ3v) is 2.98. The number of anilines is 3. The zero-order valence-electron chi connectivity index (χ0n) is 9.85. The van der Waals surface area contributed by atoms with E-state index in [1.807, 2.05) is 38.4 Å². The minimum atomic E-state index is 0.156. The topological polar surface area (TPSA) is 53.9 Å². The van der Waals surface area contributed by atoms with E-state index in [-0.39, 0.29) is 5.28 Å². The van der Waals surface area contributed by atoms with Crippen molar-refractivity contribution in [3.05, 3.63) is 34.0 Å². The summed E-state index contributed by atoms with van der Waals surface area (Å²) in [7, 11) is 3.68. The number of aromatic nitrogens is 3. The summed E-state index contributed by atoms with van der Waals surface area (Å²) < 4.78 is 0.924. The van der Waals surface area contributed by atoms with Crippen LogP contribution in [0.3, 0.4) is 0 Å². The van der Waals surface area contributed by atoms with Crippen LogP contribution in [-0.4, -0.2) is 29.0 Å². The van der Waals surface area contributed by atoms with Crippen LogP contribution in [0.1, 0.15) is 0 Å². The van der Waals surface area contributed by atoms with Crippen LogP contribution in [0, 0.1) is 0 Å². The molecule has 5 nitrogen and oxygen atoms in total. The summed E-state index contributed by atoms with van der Waals surface area (Å²) in [5.41, 5.74) is 0.865. The molecule has 0 atom stereocenters. The van der Waals surface area contributed by atoms with Crippen molar-refractivity contribution in [3.8, 4) is 0 Å². The van der Waals surface area contributed by atoms with Crippen molar-refractivity contribution < 1.29 is 0 Å². The molecule has 1 heterocycles. The molecule has 0 radical (unpaired) electrons. The van der Waals surface area contributed by atoms with Crippen molar-refractivity contribution in [1.82, 2.24) is 15.0 Å². The smallest absolute Gasteiger partial charge is 0.233 e. The molecule has 0 aliphatic carbocycles. The SMILES string of the molecule is CN(C)c1nc(Cl)nc(Nc2ccccc2Br)n1. The molecule has 0 spiro atoms. The van der Waals surface area contributed by atoms with Gasteiger partial charge in [-0.15, -0.1) is 0 Å². The molecule has 1 aromatic carbocycles. The van der Waals surface area contributed by atoms with Gasteiger partial charge in [-0.3, -0.25) is 0 Å². The minimum absolute atomic E-state index is 0.156. The van der Waals surface area contributed by atoms with Gasteiger partial charge in [0, 0.05) is 18.6 Å². The number of halogens is 2. The maximum atomic E-state index is 5.86. The predicted molar refractivity (Wildman–Crippen MR) is 76.6 cm³/mol. The van der Waals surface area contributed by atoms with Crippen LogP contribution in [0.25, 0.3) is 0 Å².